The van der Waals surface area contributed by atoms with E-state index >= 15 is 0 Å². The molecule has 2 N–H and O–H groups in total. The summed E-state index contributed by atoms with van der Waals surface area (Å²) in [6.07, 6.45) is 4.73. The lowest BCUT2D eigenvalue weighted by Gasteiger charge is -2.01. The van der Waals surface area contributed by atoms with Crippen molar-refractivity contribution in [2.45, 2.75) is 19.9 Å². The van der Waals surface area contributed by atoms with Crippen LogP contribution in [0.15, 0.2) is 24.9 Å². The molecule has 0 saturated carbocycles. The van der Waals surface area contributed by atoms with E-state index in [0.717, 1.165) is 18.8 Å². The fourth-order valence-electron chi connectivity index (χ4n) is 1.13. The predicted molar refractivity (Wildman–Crippen MR) is 48.4 cm³/mol. The molecule has 0 unspecified atom stereocenters. The molecular formula is C9H14N2. The van der Waals surface area contributed by atoms with Crippen LogP contribution >= 0.6 is 0 Å². The molecule has 1 rings (SSSR count). The topological polar surface area (TPSA) is 30.9 Å². The molecule has 0 aromatic carbocycles. The van der Waals surface area contributed by atoms with Crippen LogP contribution in [0.5, 0.6) is 0 Å². The van der Waals surface area contributed by atoms with Crippen LogP contribution in [0.3, 0.4) is 0 Å². The summed E-state index contributed by atoms with van der Waals surface area (Å²) in [4.78, 5) is 0. The van der Waals surface area contributed by atoms with Gasteiger partial charge >= 0.3 is 0 Å². The number of rotatable bonds is 3. The Hall–Kier alpha value is -1.18. The quantitative estimate of drug-likeness (QED) is 0.655. The monoisotopic (exact) mass is 150 g/mol. The van der Waals surface area contributed by atoms with Crippen LogP contribution < -0.4 is 5.73 Å². The van der Waals surface area contributed by atoms with Crippen molar-refractivity contribution in [3.63, 3.8) is 0 Å². The number of hydrogen-bond donors (Lipinski definition) is 1. The number of nitrogens with two attached hydrogens (primary N) is 1. The van der Waals surface area contributed by atoms with Crippen LogP contribution in [0.4, 0.5) is 5.82 Å². The van der Waals surface area contributed by atoms with Gasteiger partial charge in [-0.25, -0.2) is 0 Å². The summed E-state index contributed by atoms with van der Waals surface area (Å²) >= 11 is 0. The smallest absolute Gasteiger partial charge is 0.106 e. The van der Waals surface area contributed by atoms with Gasteiger partial charge in [0, 0.05) is 12.7 Å². The van der Waals surface area contributed by atoms with Crippen molar-refractivity contribution in [2.75, 3.05) is 5.73 Å². The highest BCUT2D eigenvalue weighted by molar-refractivity contribution is 5.42. The summed E-state index contributed by atoms with van der Waals surface area (Å²) in [5.74, 6) is 0.868. The maximum Gasteiger partial charge on any atom is 0.106 e. The zero-order chi connectivity index (χ0) is 8.27. The number of aromatic nitrogens is 1. The second-order valence-corrected chi connectivity index (χ2v) is 2.51. The van der Waals surface area contributed by atoms with E-state index in [-0.39, 0.29) is 0 Å². The molecule has 0 atom stereocenters. The lowest BCUT2D eigenvalue weighted by Crippen LogP contribution is -2.00. The van der Waals surface area contributed by atoms with Crippen LogP contribution in [0.1, 0.15) is 12.5 Å². The molecule has 11 heavy (non-hydrogen) atoms. The van der Waals surface area contributed by atoms with Gasteiger partial charge in [0.2, 0.25) is 0 Å². The fraction of sp³-hybridized carbons (Fsp3) is 0.333. The Labute approximate surface area is 67.3 Å². The Balaban J connectivity index is 2.90. The Morgan fingerprint density at radius 1 is 1.73 bits per heavy atom. The summed E-state index contributed by atoms with van der Waals surface area (Å²) < 4.78 is 2.03. The van der Waals surface area contributed by atoms with Crippen molar-refractivity contribution in [1.82, 2.24) is 4.57 Å². The second-order valence-electron chi connectivity index (χ2n) is 2.51. The maximum atomic E-state index is 5.82. The third-order valence-electron chi connectivity index (χ3n) is 1.80. The minimum absolute atomic E-state index is 0.860. The molecule has 1 heterocycles. The number of nitrogens with zero attached hydrogens (tertiary/aromatic N) is 1. The first-order chi connectivity index (χ1) is 5.29. The Morgan fingerprint density at radius 2 is 2.45 bits per heavy atom. The molecule has 0 amide bonds. The van der Waals surface area contributed by atoms with Gasteiger partial charge in [0.25, 0.3) is 0 Å². The zero-order valence-electron chi connectivity index (χ0n) is 6.88. The van der Waals surface area contributed by atoms with Crippen LogP contribution in [0.2, 0.25) is 0 Å². The Morgan fingerprint density at radius 3 is 2.91 bits per heavy atom. The van der Waals surface area contributed by atoms with Gasteiger partial charge < -0.3 is 10.3 Å². The van der Waals surface area contributed by atoms with Gasteiger partial charge in [-0.3, -0.25) is 0 Å². The summed E-state index contributed by atoms with van der Waals surface area (Å²) in [7, 11) is 0. The average Bonchev–Trinajstić information content (AvgIpc) is 2.34. The number of allylic oxidation sites excluding steroid dienone is 1. The van der Waals surface area contributed by atoms with Gasteiger partial charge in [0.15, 0.2) is 0 Å². The highest BCUT2D eigenvalue weighted by Crippen LogP contribution is 2.13. The lowest BCUT2D eigenvalue weighted by atomic mass is 10.2. The molecular weight excluding hydrogens is 136 g/mol. The van der Waals surface area contributed by atoms with Crippen molar-refractivity contribution >= 4 is 5.82 Å². The van der Waals surface area contributed by atoms with E-state index in [1.807, 2.05) is 22.9 Å². The Kier molecular flexibility index (Phi) is 2.36. The van der Waals surface area contributed by atoms with E-state index in [0.29, 0.717) is 0 Å². The SMILES string of the molecule is C=CCc1ccn(CC)c1N. The van der Waals surface area contributed by atoms with Crippen LogP contribution in [0.25, 0.3) is 0 Å². The van der Waals surface area contributed by atoms with E-state index in [2.05, 4.69) is 13.5 Å². The molecule has 1 aromatic heterocycles. The summed E-state index contributed by atoms with van der Waals surface area (Å²) in [5.41, 5.74) is 6.98. The van der Waals surface area contributed by atoms with Crippen molar-refractivity contribution in [3.05, 3.63) is 30.5 Å². The first-order valence-corrected chi connectivity index (χ1v) is 3.84. The van der Waals surface area contributed by atoms with Crippen LogP contribution in [0, 0.1) is 0 Å². The molecule has 0 aliphatic rings. The zero-order valence-corrected chi connectivity index (χ0v) is 6.88. The Bertz CT molecular complexity index is 248. The lowest BCUT2D eigenvalue weighted by molar-refractivity contribution is 0.778. The van der Waals surface area contributed by atoms with Crippen molar-refractivity contribution in [3.8, 4) is 0 Å². The minimum atomic E-state index is 0.860. The molecule has 0 saturated heterocycles. The number of aryl methyl sites for hydroxylation is 1. The van der Waals surface area contributed by atoms with Crippen molar-refractivity contribution < 1.29 is 0 Å². The van der Waals surface area contributed by atoms with E-state index in [9.17, 15) is 0 Å². The van der Waals surface area contributed by atoms with Gasteiger partial charge in [0.1, 0.15) is 5.82 Å². The van der Waals surface area contributed by atoms with Crippen LogP contribution in [-0.2, 0) is 13.0 Å². The molecule has 0 aliphatic carbocycles. The van der Waals surface area contributed by atoms with Gasteiger partial charge in [0.05, 0.1) is 0 Å². The molecule has 0 aliphatic heterocycles. The van der Waals surface area contributed by atoms with Crippen molar-refractivity contribution in [1.29, 1.82) is 0 Å². The number of hydrogen-bond acceptors (Lipinski definition) is 1. The first kappa shape index (κ1) is 7.92. The number of anilines is 1. The summed E-state index contributed by atoms with van der Waals surface area (Å²) in [6.45, 7) is 6.68. The van der Waals surface area contributed by atoms with Gasteiger partial charge in [-0.2, -0.15) is 0 Å². The van der Waals surface area contributed by atoms with E-state index in [1.54, 1.807) is 0 Å². The molecule has 0 bridgehead atoms. The second kappa shape index (κ2) is 3.28. The minimum Gasteiger partial charge on any atom is -0.385 e. The largest absolute Gasteiger partial charge is 0.385 e. The van der Waals surface area contributed by atoms with E-state index in [1.165, 1.54) is 5.56 Å². The van der Waals surface area contributed by atoms with Crippen molar-refractivity contribution in [2.24, 2.45) is 0 Å². The van der Waals surface area contributed by atoms with E-state index in [4.69, 9.17) is 5.73 Å². The van der Waals surface area contributed by atoms with Gasteiger partial charge in [-0.15, -0.1) is 6.58 Å². The third kappa shape index (κ3) is 1.45. The average molecular weight is 150 g/mol. The highest BCUT2D eigenvalue weighted by atomic mass is 15.0. The molecule has 0 fully saturated rings. The number of nitrogen functional groups attached to an aromatic ring is 1. The molecule has 1 aromatic rings. The summed E-state index contributed by atoms with van der Waals surface area (Å²) in [5, 5.41) is 0. The summed E-state index contributed by atoms with van der Waals surface area (Å²) in [6, 6.07) is 2.04. The van der Waals surface area contributed by atoms with Crippen LogP contribution in [-0.4, -0.2) is 4.57 Å². The molecule has 2 heteroatoms. The highest BCUT2D eigenvalue weighted by Gasteiger charge is 2.00. The third-order valence-corrected chi connectivity index (χ3v) is 1.80. The normalized spacial score (nSPS) is 9.91. The molecule has 0 radical (unpaired) electrons. The molecule has 2 nitrogen and oxygen atoms in total. The van der Waals surface area contributed by atoms with Gasteiger partial charge in [-0.1, -0.05) is 6.08 Å². The first-order valence-electron chi connectivity index (χ1n) is 3.84. The predicted octanol–water partition coefficient (Wildman–Crippen LogP) is 1.82. The van der Waals surface area contributed by atoms with Gasteiger partial charge in [-0.05, 0) is 25.0 Å². The maximum absolute atomic E-state index is 5.82. The molecule has 0 spiro atoms. The fourth-order valence-corrected chi connectivity index (χ4v) is 1.13. The van der Waals surface area contributed by atoms with E-state index < -0.39 is 0 Å². The standard InChI is InChI=1S/C9H14N2/c1-3-5-8-6-7-11(4-2)9(8)10/h3,6-7H,1,4-5,10H2,2H3. The molecule has 60 valence electrons.